The van der Waals surface area contributed by atoms with Gasteiger partial charge in [-0.15, -0.1) is 0 Å². The van der Waals surface area contributed by atoms with Crippen molar-refractivity contribution in [2.45, 2.75) is 38.1 Å². The Balaban J connectivity index is 2.56. The fraction of sp³-hybridized carbons (Fsp3) is 0.615. The molecule has 120 valence electrons. The lowest BCUT2D eigenvalue weighted by molar-refractivity contribution is 0.0949. The first kappa shape index (κ1) is 17.7. The van der Waals surface area contributed by atoms with Crippen molar-refractivity contribution in [2.75, 3.05) is 19.6 Å². The number of aromatic nitrogens is 1. The van der Waals surface area contributed by atoms with E-state index in [0.29, 0.717) is 13.1 Å². The number of amides is 1. The Morgan fingerprint density at radius 1 is 1.29 bits per heavy atom. The second-order valence-electron chi connectivity index (χ2n) is 5.03. The third-order valence-electron chi connectivity index (χ3n) is 2.62. The van der Waals surface area contributed by atoms with Crippen LogP contribution < -0.4 is 15.4 Å². The minimum Gasteiger partial charge on any atom is -0.356 e. The van der Waals surface area contributed by atoms with E-state index in [0.717, 1.165) is 13.0 Å². The van der Waals surface area contributed by atoms with Crippen LogP contribution in [0.5, 0.6) is 0 Å². The Kier molecular flexibility index (Phi) is 6.86. The molecule has 4 N–H and O–H groups in total. The maximum Gasteiger partial charge on any atom is 0.267 e. The van der Waals surface area contributed by atoms with Gasteiger partial charge < -0.3 is 15.6 Å². The molecule has 1 rings (SSSR count). The molecule has 1 amide bonds. The molecule has 0 bridgehead atoms. The summed E-state index contributed by atoms with van der Waals surface area (Å²) in [4.78, 5) is 14.6. The highest BCUT2D eigenvalue weighted by atomic mass is 32.2. The minimum atomic E-state index is -3.58. The predicted octanol–water partition coefficient (Wildman–Crippen LogP) is 0.431. The summed E-state index contributed by atoms with van der Waals surface area (Å²) < 4.78 is 26.3. The minimum absolute atomic E-state index is 0.0606. The van der Waals surface area contributed by atoms with E-state index in [4.69, 9.17) is 0 Å². The van der Waals surface area contributed by atoms with Crippen molar-refractivity contribution in [3.63, 3.8) is 0 Å². The molecule has 0 radical (unpaired) electrons. The van der Waals surface area contributed by atoms with Gasteiger partial charge in [0.25, 0.3) is 5.91 Å². The molecule has 8 heteroatoms. The molecule has 0 aliphatic rings. The maximum atomic E-state index is 11.9. The fourth-order valence-corrected chi connectivity index (χ4v) is 2.94. The van der Waals surface area contributed by atoms with Crippen molar-refractivity contribution in [2.24, 2.45) is 0 Å². The summed E-state index contributed by atoms with van der Waals surface area (Å²) in [6.07, 6.45) is 2.35. The van der Waals surface area contributed by atoms with Crippen LogP contribution in [-0.4, -0.2) is 45.0 Å². The number of carbonyl (C=O) groups is 1. The molecule has 0 spiro atoms. The molecular weight excluding hydrogens is 292 g/mol. The van der Waals surface area contributed by atoms with Crippen molar-refractivity contribution >= 4 is 15.9 Å². The first-order valence-corrected chi connectivity index (χ1v) is 8.54. The van der Waals surface area contributed by atoms with Crippen LogP contribution >= 0.6 is 0 Å². The van der Waals surface area contributed by atoms with Gasteiger partial charge in [0.15, 0.2) is 0 Å². The van der Waals surface area contributed by atoms with Gasteiger partial charge in [-0.05, 0) is 32.9 Å². The van der Waals surface area contributed by atoms with Crippen LogP contribution in [0.3, 0.4) is 0 Å². The molecule has 7 nitrogen and oxygen atoms in total. The van der Waals surface area contributed by atoms with Crippen molar-refractivity contribution < 1.29 is 13.2 Å². The molecule has 1 aromatic heterocycles. The van der Waals surface area contributed by atoms with Gasteiger partial charge in [-0.25, -0.2) is 13.1 Å². The van der Waals surface area contributed by atoms with Crippen LogP contribution in [0.2, 0.25) is 0 Å². The van der Waals surface area contributed by atoms with Gasteiger partial charge >= 0.3 is 0 Å². The summed E-state index contributed by atoms with van der Waals surface area (Å²) in [5.41, 5.74) is 0.231. The summed E-state index contributed by atoms with van der Waals surface area (Å²) in [5.74, 6) is -0.320. The molecule has 0 aliphatic carbocycles. The van der Waals surface area contributed by atoms with E-state index in [1.165, 1.54) is 12.3 Å². The first-order valence-electron chi connectivity index (χ1n) is 7.06. The second kappa shape index (κ2) is 8.16. The summed E-state index contributed by atoms with van der Waals surface area (Å²) in [6.45, 7) is 7.62. The van der Waals surface area contributed by atoms with Crippen LogP contribution in [0, 0.1) is 0 Å². The van der Waals surface area contributed by atoms with Gasteiger partial charge in [0, 0.05) is 25.3 Å². The van der Waals surface area contributed by atoms with E-state index in [2.05, 4.69) is 27.3 Å². The molecule has 21 heavy (non-hydrogen) atoms. The molecule has 1 heterocycles. The zero-order chi connectivity index (χ0) is 15.9. The lowest BCUT2D eigenvalue weighted by Gasteiger charge is -2.07. The Morgan fingerprint density at radius 3 is 2.62 bits per heavy atom. The predicted molar refractivity (Wildman–Crippen MR) is 81.7 cm³/mol. The quantitative estimate of drug-likeness (QED) is 0.496. The molecule has 0 saturated carbocycles. The fourth-order valence-electron chi connectivity index (χ4n) is 1.70. The van der Waals surface area contributed by atoms with Crippen LogP contribution in [0.4, 0.5) is 0 Å². The number of hydrogen-bond acceptors (Lipinski definition) is 4. The SMILES string of the molecule is CCCNCCNC(=O)c1cc(S(=O)(=O)NC(C)C)c[nH]1. The zero-order valence-corrected chi connectivity index (χ0v) is 13.5. The number of aromatic amines is 1. The standard InChI is InChI=1S/C13H24N4O3S/c1-4-5-14-6-7-15-13(18)12-8-11(9-16-12)21(19,20)17-10(2)3/h8-10,14,16-17H,4-7H2,1-3H3,(H,15,18). The van der Waals surface area contributed by atoms with E-state index in [1.54, 1.807) is 13.8 Å². The molecular formula is C13H24N4O3S. The van der Waals surface area contributed by atoms with Gasteiger partial charge in [0.1, 0.15) is 10.6 Å². The summed E-state index contributed by atoms with van der Waals surface area (Å²) in [5, 5.41) is 5.88. The summed E-state index contributed by atoms with van der Waals surface area (Å²) in [7, 11) is -3.58. The van der Waals surface area contributed by atoms with E-state index in [9.17, 15) is 13.2 Å². The van der Waals surface area contributed by atoms with Crippen molar-refractivity contribution in [1.29, 1.82) is 0 Å². The van der Waals surface area contributed by atoms with E-state index < -0.39 is 10.0 Å². The molecule has 0 fully saturated rings. The zero-order valence-electron chi connectivity index (χ0n) is 12.7. The Bertz CT molecular complexity index is 552. The first-order chi connectivity index (χ1) is 9.86. The smallest absolute Gasteiger partial charge is 0.267 e. The van der Waals surface area contributed by atoms with Gasteiger partial charge in [0.05, 0.1) is 0 Å². The molecule has 0 unspecified atom stereocenters. The van der Waals surface area contributed by atoms with E-state index >= 15 is 0 Å². The Labute approximate surface area is 125 Å². The molecule has 0 aromatic carbocycles. The summed E-state index contributed by atoms with van der Waals surface area (Å²) in [6, 6.07) is 1.13. The number of carbonyl (C=O) groups excluding carboxylic acids is 1. The number of hydrogen-bond donors (Lipinski definition) is 4. The summed E-state index contributed by atoms with van der Waals surface area (Å²) >= 11 is 0. The monoisotopic (exact) mass is 316 g/mol. The van der Waals surface area contributed by atoms with Crippen LogP contribution in [0.1, 0.15) is 37.7 Å². The highest BCUT2D eigenvalue weighted by molar-refractivity contribution is 7.89. The third kappa shape index (κ3) is 5.86. The second-order valence-corrected chi connectivity index (χ2v) is 6.74. The average molecular weight is 316 g/mol. The normalized spacial score (nSPS) is 11.8. The molecule has 0 atom stereocenters. The van der Waals surface area contributed by atoms with Crippen molar-refractivity contribution in [1.82, 2.24) is 20.3 Å². The number of rotatable bonds is 9. The molecule has 1 aromatic rings. The van der Waals surface area contributed by atoms with Gasteiger partial charge in [-0.2, -0.15) is 0 Å². The Morgan fingerprint density at radius 2 is 2.00 bits per heavy atom. The molecule has 0 saturated heterocycles. The topological polar surface area (TPSA) is 103 Å². The Hall–Kier alpha value is -1.38. The van der Waals surface area contributed by atoms with E-state index in [1.807, 2.05) is 0 Å². The van der Waals surface area contributed by atoms with Crippen molar-refractivity contribution in [3.05, 3.63) is 18.0 Å². The average Bonchev–Trinajstić information content (AvgIpc) is 2.87. The van der Waals surface area contributed by atoms with Gasteiger partial charge in [0.2, 0.25) is 10.0 Å². The lowest BCUT2D eigenvalue weighted by atomic mass is 10.4. The highest BCUT2D eigenvalue weighted by Crippen LogP contribution is 2.11. The number of sulfonamides is 1. The van der Waals surface area contributed by atoms with Gasteiger partial charge in [-0.3, -0.25) is 4.79 Å². The van der Waals surface area contributed by atoms with Crippen LogP contribution in [0.25, 0.3) is 0 Å². The lowest BCUT2D eigenvalue weighted by Crippen LogP contribution is -2.32. The maximum absolute atomic E-state index is 11.9. The molecule has 0 aliphatic heterocycles. The van der Waals surface area contributed by atoms with Crippen LogP contribution in [0.15, 0.2) is 17.2 Å². The van der Waals surface area contributed by atoms with E-state index in [-0.39, 0.29) is 22.5 Å². The van der Waals surface area contributed by atoms with Gasteiger partial charge in [-0.1, -0.05) is 6.92 Å². The third-order valence-corrected chi connectivity index (χ3v) is 4.25. The number of nitrogens with one attached hydrogen (secondary N) is 4. The number of H-pyrrole nitrogens is 1. The highest BCUT2D eigenvalue weighted by Gasteiger charge is 2.19. The van der Waals surface area contributed by atoms with Crippen molar-refractivity contribution in [3.8, 4) is 0 Å². The largest absolute Gasteiger partial charge is 0.356 e. The van der Waals surface area contributed by atoms with Crippen LogP contribution in [-0.2, 0) is 10.0 Å².